The molecule has 0 saturated carbocycles. The normalized spacial score (nSPS) is 19.6. The summed E-state index contributed by atoms with van der Waals surface area (Å²) in [6, 6.07) is 11.9. The topological polar surface area (TPSA) is 94.6 Å². The molecule has 4 N–H and O–H groups in total. The number of carboxylic acid groups (broad SMARTS) is 1. The summed E-state index contributed by atoms with van der Waals surface area (Å²) in [5.41, 5.74) is 3.77. The van der Waals surface area contributed by atoms with Crippen molar-refractivity contribution in [1.82, 2.24) is 10.3 Å². The molecule has 0 radical (unpaired) electrons. The van der Waals surface area contributed by atoms with E-state index in [1.54, 1.807) is 18.2 Å². The van der Waals surface area contributed by atoms with Gasteiger partial charge < -0.3 is 19.9 Å². The fourth-order valence-electron chi connectivity index (χ4n) is 3.53. The van der Waals surface area contributed by atoms with Crippen molar-refractivity contribution >= 4 is 16.9 Å². The molecule has 2 heterocycles. The maximum absolute atomic E-state index is 11.6. The minimum Gasteiger partial charge on any atom is -0.504 e. The van der Waals surface area contributed by atoms with Crippen LogP contribution in [0.1, 0.15) is 22.9 Å². The molecule has 6 nitrogen and oxygen atoms in total. The molecule has 0 fully saturated rings. The zero-order chi connectivity index (χ0) is 17.6. The highest BCUT2D eigenvalue weighted by molar-refractivity contribution is 5.87. The molecule has 6 heteroatoms. The van der Waals surface area contributed by atoms with E-state index in [0.29, 0.717) is 12.2 Å². The van der Waals surface area contributed by atoms with Crippen LogP contribution in [-0.2, 0) is 11.2 Å². The van der Waals surface area contributed by atoms with Crippen LogP contribution in [0, 0.1) is 0 Å². The van der Waals surface area contributed by atoms with E-state index >= 15 is 0 Å². The summed E-state index contributed by atoms with van der Waals surface area (Å²) in [6.45, 7) is 0. The largest absolute Gasteiger partial charge is 0.504 e. The van der Waals surface area contributed by atoms with Gasteiger partial charge in [0.2, 0.25) is 0 Å². The number of carboxylic acids is 1. The van der Waals surface area contributed by atoms with Crippen molar-refractivity contribution in [2.75, 3.05) is 7.11 Å². The minimum atomic E-state index is -0.883. The van der Waals surface area contributed by atoms with E-state index in [0.717, 1.165) is 27.7 Å². The number of benzene rings is 2. The monoisotopic (exact) mass is 338 g/mol. The zero-order valence-corrected chi connectivity index (χ0v) is 13.6. The number of fused-ring (bicyclic) bond motifs is 3. The molecule has 128 valence electrons. The molecule has 4 rings (SSSR count). The third-order valence-corrected chi connectivity index (χ3v) is 4.75. The predicted molar refractivity (Wildman–Crippen MR) is 93.1 cm³/mol. The van der Waals surface area contributed by atoms with E-state index in [4.69, 9.17) is 4.74 Å². The second-order valence-electron chi connectivity index (χ2n) is 6.19. The standard InChI is InChI=1S/C19H18N2O4/c1-25-16-8-10(6-7-15(16)22)17-18-12(9-14(21-17)19(23)24)11-4-2-3-5-13(11)20-18/h2-8,14,17,20-22H,9H2,1H3,(H,23,24)/t14-,17-/m0/s1. The first kappa shape index (κ1) is 15.5. The van der Waals surface area contributed by atoms with E-state index in [-0.39, 0.29) is 11.8 Å². The Hall–Kier alpha value is -2.99. The molecule has 1 aliphatic rings. The Balaban J connectivity index is 1.89. The van der Waals surface area contributed by atoms with Gasteiger partial charge in [0.25, 0.3) is 0 Å². The summed E-state index contributed by atoms with van der Waals surface area (Å²) >= 11 is 0. The molecule has 3 aromatic rings. The summed E-state index contributed by atoms with van der Waals surface area (Å²) in [5, 5.41) is 23.6. The van der Waals surface area contributed by atoms with Crippen LogP contribution in [0.25, 0.3) is 10.9 Å². The van der Waals surface area contributed by atoms with Gasteiger partial charge in [0.05, 0.1) is 13.2 Å². The summed E-state index contributed by atoms with van der Waals surface area (Å²) in [4.78, 5) is 15.1. The Morgan fingerprint density at radius 2 is 2.04 bits per heavy atom. The number of nitrogens with one attached hydrogen (secondary N) is 2. The van der Waals surface area contributed by atoms with Gasteiger partial charge in [-0.1, -0.05) is 24.3 Å². The average Bonchev–Trinajstić information content (AvgIpc) is 3.00. The van der Waals surface area contributed by atoms with Gasteiger partial charge in [-0.15, -0.1) is 0 Å². The summed E-state index contributed by atoms with van der Waals surface area (Å²) < 4.78 is 5.19. The highest BCUT2D eigenvalue weighted by atomic mass is 16.5. The molecule has 0 bridgehead atoms. The van der Waals surface area contributed by atoms with E-state index in [9.17, 15) is 15.0 Å². The Labute approximate surface area is 144 Å². The Morgan fingerprint density at radius 3 is 2.80 bits per heavy atom. The van der Waals surface area contributed by atoms with Gasteiger partial charge >= 0.3 is 5.97 Å². The van der Waals surface area contributed by atoms with Crippen LogP contribution < -0.4 is 10.1 Å². The molecule has 0 unspecified atom stereocenters. The molecule has 1 aromatic heterocycles. The first-order chi connectivity index (χ1) is 12.1. The minimum absolute atomic E-state index is 0.0497. The number of phenols is 1. The first-order valence-electron chi connectivity index (χ1n) is 8.03. The van der Waals surface area contributed by atoms with Gasteiger partial charge in [-0.3, -0.25) is 10.1 Å². The molecule has 0 amide bonds. The second-order valence-corrected chi connectivity index (χ2v) is 6.19. The van der Waals surface area contributed by atoms with Crippen LogP contribution in [0.2, 0.25) is 0 Å². The molecule has 0 saturated heterocycles. The Kier molecular flexibility index (Phi) is 3.62. The van der Waals surface area contributed by atoms with Crippen molar-refractivity contribution in [1.29, 1.82) is 0 Å². The number of aliphatic carboxylic acids is 1. The fourth-order valence-corrected chi connectivity index (χ4v) is 3.53. The number of aromatic hydroxyl groups is 1. The van der Waals surface area contributed by atoms with Crippen LogP contribution in [-0.4, -0.2) is 34.3 Å². The van der Waals surface area contributed by atoms with Crippen molar-refractivity contribution < 1.29 is 19.7 Å². The number of aromatic nitrogens is 1. The molecular weight excluding hydrogens is 320 g/mol. The lowest BCUT2D eigenvalue weighted by Crippen LogP contribution is -2.44. The van der Waals surface area contributed by atoms with E-state index in [1.807, 2.05) is 24.3 Å². The molecule has 0 spiro atoms. The van der Waals surface area contributed by atoms with Crippen molar-refractivity contribution in [2.45, 2.75) is 18.5 Å². The van der Waals surface area contributed by atoms with Crippen molar-refractivity contribution in [3.05, 3.63) is 59.3 Å². The zero-order valence-electron chi connectivity index (χ0n) is 13.6. The number of aromatic amines is 1. The molecule has 2 aromatic carbocycles. The van der Waals surface area contributed by atoms with Crippen LogP contribution in [0.4, 0.5) is 0 Å². The quantitative estimate of drug-likeness (QED) is 0.589. The van der Waals surface area contributed by atoms with Crippen LogP contribution >= 0.6 is 0 Å². The number of rotatable bonds is 3. The van der Waals surface area contributed by atoms with Crippen LogP contribution in [0.15, 0.2) is 42.5 Å². The van der Waals surface area contributed by atoms with Gasteiger partial charge in [0, 0.05) is 23.0 Å². The number of phenolic OH excluding ortho intramolecular Hbond substituents is 1. The van der Waals surface area contributed by atoms with Crippen molar-refractivity contribution in [3.63, 3.8) is 0 Å². The molecular formula is C19H18N2O4. The average molecular weight is 338 g/mol. The van der Waals surface area contributed by atoms with Crippen molar-refractivity contribution in [2.24, 2.45) is 0 Å². The highest BCUT2D eigenvalue weighted by Gasteiger charge is 2.34. The number of hydrogen-bond acceptors (Lipinski definition) is 4. The van der Waals surface area contributed by atoms with Gasteiger partial charge in [-0.25, -0.2) is 0 Å². The maximum Gasteiger partial charge on any atom is 0.321 e. The first-order valence-corrected chi connectivity index (χ1v) is 8.03. The molecule has 0 aliphatic carbocycles. The smallest absolute Gasteiger partial charge is 0.321 e. The predicted octanol–water partition coefficient (Wildman–Crippen LogP) is 2.57. The highest BCUT2D eigenvalue weighted by Crippen LogP contribution is 2.37. The number of carbonyl (C=O) groups is 1. The number of hydrogen-bond donors (Lipinski definition) is 4. The SMILES string of the molecule is COc1cc([C@@H]2N[C@H](C(=O)O)Cc3c2[nH]c2ccccc32)ccc1O. The van der Waals surface area contributed by atoms with E-state index in [2.05, 4.69) is 10.3 Å². The lowest BCUT2D eigenvalue weighted by atomic mass is 9.90. The van der Waals surface area contributed by atoms with E-state index in [1.165, 1.54) is 7.11 Å². The maximum atomic E-state index is 11.6. The summed E-state index contributed by atoms with van der Waals surface area (Å²) in [7, 11) is 1.49. The fraction of sp³-hybridized carbons (Fsp3) is 0.211. The van der Waals surface area contributed by atoms with Gasteiger partial charge in [0.15, 0.2) is 11.5 Å². The van der Waals surface area contributed by atoms with E-state index < -0.39 is 12.0 Å². The Morgan fingerprint density at radius 1 is 1.24 bits per heavy atom. The van der Waals surface area contributed by atoms with Crippen LogP contribution in [0.3, 0.4) is 0 Å². The number of H-pyrrole nitrogens is 1. The summed E-state index contributed by atoms with van der Waals surface area (Å²) in [5.74, 6) is -0.477. The van der Waals surface area contributed by atoms with Gasteiger partial charge in [0.1, 0.15) is 6.04 Å². The molecule has 1 aliphatic heterocycles. The van der Waals surface area contributed by atoms with Gasteiger partial charge in [-0.2, -0.15) is 0 Å². The van der Waals surface area contributed by atoms with Gasteiger partial charge in [-0.05, 0) is 29.3 Å². The Bertz CT molecular complexity index is 963. The molecule has 2 atom stereocenters. The molecule has 25 heavy (non-hydrogen) atoms. The lowest BCUT2D eigenvalue weighted by Gasteiger charge is -2.29. The third kappa shape index (κ3) is 2.51. The summed E-state index contributed by atoms with van der Waals surface area (Å²) in [6.07, 6.45) is 0.417. The number of para-hydroxylation sites is 1. The van der Waals surface area contributed by atoms with Crippen molar-refractivity contribution in [3.8, 4) is 11.5 Å². The third-order valence-electron chi connectivity index (χ3n) is 4.75. The second kappa shape index (κ2) is 5.82. The number of ether oxygens (including phenoxy) is 1. The number of methoxy groups -OCH3 is 1. The lowest BCUT2D eigenvalue weighted by molar-refractivity contribution is -0.139. The van der Waals surface area contributed by atoms with Crippen LogP contribution in [0.5, 0.6) is 11.5 Å².